The highest BCUT2D eigenvalue weighted by Crippen LogP contribution is 2.48. The van der Waals surface area contributed by atoms with E-state index in [-0.39, 0.29) is 5.41 Å². The molecule has 0 radical (unpaired) electrons. The summed E-state index contributed by atoms with van der Waals surface area (Å²) < 4.78 is 40.7. The smallest absolute Gasteiger partial charge is 0.166 e. The van der Waals surface area contributed by atoms with Crippen LogP contribution >= 0.6 is 0 Å². The number of fused-ring (bicyclic) bond motifs is 4. The molecule has 0 aliphatic rings. The van der Waals surface area contributed by atoms with Crippen LogP contribution in [-0.4, -0.2) is 0 Å². The second kappa shape index (κ2) is 12.7. The van der Waals surface area contributed by atoms with Crippen LogP contribution in [0, 0.1) is 0 Å². The van der Waals surface area contributed by atoms with Crippen LogP contribution in [0.1, 0.15) is 31.9 Å². The average Bonchev–Trinajstić information content (AvgIpc) is 3.19. The standard InChI is InChI=1S/C51H37F3/c1-50(2,3)38-24-18-32(19-25-38)36-22-28-44-46(30-36)48(42-16-8-12-34-10-4-6-14-40(34)42)45-29-23-37(33-20-26-39(27-21-33)51(52,53)54)31-47(45)49(44)43-17-9-13-35-11-5-7-15-41(35)43/h4-31H,1-3H3. The average molecular weight is 707 g/mol. The second-order valence-electron chi connectivity index (χ2n) is 15.2. The maximum atomic E-state index is 13.6. The Morgan fingerprint density at radius 2 is 0.722 bits per heavy atom. The van der Waals surface area contributed by atoms with Crippen molar-refractivity contribution in [3.05, 3.63) is 181 Å². The number of hydrogen-bond acceptors (Lipinski definition) is 0. The molecule has 0 N–H and O–H groups in total. The Hall–Kier alpha value is -6.19. The van der Waals surface area contributed by atoms with Gasteiger partial charge in [0.05, 0.1) is 5.56 Å². The summed E-state index contributed by atoms with van der Waals surface area (Å²) in [5.41, 5.74) is 9.03. The van der Waals surface area contributed by atoms with Crippen molar-refractivity contribution >= 4 is 43.1 Å². The van der Waals surface area contributed by atoms with Gasteiger partial charge in [0.15, 0.2) is 0 Å². The lowest BCUT2D eigenvalue weighted by Gasteiger charge is -2.22. The fraction of sp³-hybridized carbons (Fsp3) is 0.0980. The van der Waals surface area contributed by atoms with Gasteiger partial charge in [0, 0.05) is 0 Å². The van der Waals surface area contributed by atoms with Crippen molar-refractivity contribution < 1.29 is 13.2 Å². The quantitative estimate of drug-likeness (QED) is 0.160. The predicted octanol–water partition coefficient (Wildman–Crippen LogP) is 15.3. The maximum absolute atomic E-state index is 13.6. The number of hydrogen-bond donors (Lipinski definition) is 0. The minimum Gasteiger partial charge on any atom is -0.166 e. The molecule has 9 rings (SSSR count). The first-order valence-electron chi connectivity index (χ1n) is 18.3. The second-order valence-corrected chi connectivity index (χ2v) is 15.2. The number of rotatable bonds is 4. The van der Waals surface area contributed by atoms with E-state index in [1.165, 1.54) is 17.7 Å². The van der Waals surface area contributed by atoms with Crippen molar-refractivity contribution in [1.29, 1.82) is 0 Å². The van der Waals surface area contributed by atoms with Gasteiger partial charge in [-0.2, -0.15) is 13.2 Å². The van der Waals surface area contributed by atoms with E-state index in [0.717, 1.165) is 87.6 Å². The van der Waals surface area contributed by atoms with Crippen molar-refractivity contribution in [3.63, 3.8) is 0 Å². The van der Waals surface area contributed by atoms with Crippen LogP contribution in [0.2, 0.25) is 0 Å². The molecule has 0 atom stereocenters. The Balaban J connectivity index is 1.41. The summed E-state index contributed by atoms with van der Waals surface area (Å²) in [5.74, 6) is 0. The zero-order valence-corrected chi connectivity index (χ0v) is 30.3. The van der Waals surface area contributed by atoms with E-state index in [1.54, 1.807) is 12.1 Å². The molecule has 3 heteroatoms. The highest BCUT2D eigenvalue weighted by Gasteiger charge is 2.30. The van der Waals surface area contributed by atoms with Crippen LogP contribution in [0.3, 0.4) is 0 Å². The summed E-state index contributed by atoms with van der Waals surface area (Å²) >= 11 is 0. The van der Waals surface area contributed by atoms with Crippen molar-refractivity contribution in [3.8, 4) is 44.5 Å². The minimum absolute atomic E-state index is 0.0505. The Morgan fingerprint density at radius 3 is 1.15 bits per heavy atom. The third kappa shape index (κ3) is 5.81. The molecule has 262 valence electrons. The van der Waals surface area contributed by atoms with Gasteiger partial charge in [-0.15, -0.1) is 0 Å². The van der Waals surface area contributed by atoms with Crippen molar-refractivity contribution in [1.82, 2.24) is 0 Å². The Morgan fingerprint density at radius 1 is 0.333 bits per heavy atom. The monoisotopic (exact) mass is 706 g/mol. The summed E-state index contributed by atoms with van der Waals surface area (Å²) in [4.78, 5) is 0. The third-order valence-corrected chi connectivity index (χ3v) is 10.9. The number of benzene rings is 9. The summed E-state index contributed by atoms with van der Waals surface area (Å²) in [7, 11) is 0. The summed E-state index contributed by atoms with van der Waals surface area (Å²) in [5, 5.41) is 8.98. The zero-order valence-electron chi connectivity index (χ0n) is 30.3. The Bertz CT molecular complexity index is 2660. The molecular weight excluding hydrogens is 670 g/mol. The first-order chi connectivity index (χ1) is 26.0. The molecule has 0 heterocycles. The van der Waals surface area contributed by atoms with E-state index < -0.39 is 11.7 Å². The molecule has 0 saturated carbocycles. The van der Waals surface area contributed by atoms with Gasteiger partial charge >= 0.3 is 6.18 Å². The summed E-state index contributed by atoms with van der Waals surface area (Å²) in [6, 6.07) is 57.5. The van der Waals surface area contributed by atoms with E-state index >= 15 is 0 Å². The van der Waals surface area contributed by atoms with Crippen LogP contribution < -0.4 is 0 Å². The molecule has 9 aromatic carbocycles. The van der Waals surface area contributed by atoms with Gasteiger partial charge in [0.1, 0.15) is 0 Å². The fourth-order valence-corrected chi connectivity index (χ4v) is 8.07. The van der Waals surface area contributed by atoms with Gasteiger partial charge in [-0.3, -0.25) is 0 Å². The van der Waals surface area contributed by atoms with E-state index in [0.29, 0.717) is 0 Å². The molecule has 9 aromatic rings. The first-order valence-corrected chi connectivity index (χ1v) is 18.3. The SMILES string of the molecule is CC(C)(C)c1ccc(-c2ccc3c(-c4cccc5ccccc45)c4cc(-c5ccc(C(F)(F)F)cc5)ccc4c(-c4cccc5ccccc45)c3c2)cc1. The van der Waals surface area contributed by atoms with Crippen molar-refractivity contribution in [2.75, 3.05) is 0 Å². The van der Waals surface area contributed by atoms with Gasteiger partial charge in [-0.25, -0.2) is 0 Å². The van der Waals surface area contributed by atoms with Crippen LogP contribution in [0.15, 0.2) is 170 Å². The van der Waals surface area contributed by atoms with Crippen LogP contribution in [0.5, 0.6) is 0 Å². The van der Waals surface area contributed by atoms with Gasteiger partial charge in [-0.05, 0) is 123 Å². The molecule has 0 bridgehead atoms. The highest BCUT2D eigenvalue weighted by atomic mass is 19.4. The molecule has 0 nitrogen and oxygen atoms in total. The molecular formula is C51H37F3. The fourth-order valence-electron chi connectivity index (χ4n) is 8.07. The molecule has 0 aliphatic heterocycles. The number of halogens is 3. The van der Waals surface area contributed by atoms with Crippen LogP contribution in [-0.2, 0) is 11.6 Å². The van der Waals surface area contributed by atoms with Gasteiger partial charge in [0.2, 0.25) is 0 Å². The molecule has 0 aliphatic carbocycles. The Labute approximate surface area is 313 Å². The van der Waals surface area contributed by atoms with E-state index in [2.05, 4.69) is 160 Å². The predicted molar refractivity (Wildman–Crippen MR) is 222 cm³/mol. The van der Waals surface area contributed by atoms with Gasteiger partial charge < -0.3 is 0 Å². The lowest BCUT2D eigenvalue weighted by molar-refractivity contribution is -0.137. The zero-order chi connectivity index (χ0) is 37.2. The highest BCUT2D eigenvalue weighted by molar-refractivity contribution is 6.26. The minimum atomic E-state index is -4.40. The lowest BCUT2D eigenvalue weighted by atomic mass is 9.82. The van der Waals surface area contributed by atoms with Gasteiger partial charge in [0.25, 0.3) is 0 Å². The normalized spacial score (nSPS) is 12.3. The van der Waals surface area contributed by atoms with Crippen molar-refractivity contribution in [2.45, 2.75) is 32.4 Å². The lowest BCUT2D eigenvalue weighted by Crippen LogP contribution is -2.10. The van der Waals surface area contributed by atoms with E-state index in [1.807, 2.05) is 6.07 Å². The maximum Gasteiger partial charge on any atom is 0.416 e. The van der Waals surface area contributed by atoms with E-state index in [4.69, 9.17) is 0 Å². The van der Waals surface area contributed by atoms with Crippen molar-refractivity contribution in [2.24, 2.45) is 0 Å². The third-order valence-electron chi connectivity index (χ3n) is 10.9. The van der Waals surface area contributed by atoms with Gasteiger partial charge in [-0.1, -0.05) is 166 Å². The molecule has 54 heavy (non-hydrogen) atoms. The first kappa shape index (κ1) is 33.6. The summed E-state index contributed by atoms with van der Waals surface area (Å²) in [6.07, 6.45) is -4.40. The molecule has 0 unspecified atom stereocenters. The summed E-state index contributed by atoms with van der Waals surface area (Å²) in [6.45, 7) is 6.70. The Kier molecular flexibility index (Phi) is 7.94. The van der Waals surface area contributed by atoms with Crippen LogP contribution in [0.4, 0.5) is 13.2 Å². The molecule has 0 fully saturated rings. The molecule has 0 amide bonds. The number of alkyl halides is 3. The van der Waals surface area contributed by atoms with E-state index in [9.17, 15) is 13.2 Å². The topological polar surface area (TPSA) is 0 Å². The molecule has 0 aromatic heterocycles. The molecule has 0 saturated heterocycles. The largest absolute Gasteiger partial charge is 0.416 e. The molecule has 0 spiro atoms. The van der Waals surface area contributed by atoms with Crippen LogP contribution in [0.25, 0.3) is 87.6 Å².